The molecular formula is C11H20N6S. The molecule has 1 aromatic heterocycles. The topological polar surface area (TPSA) is 66.0 Å². The Kier molecular flexibility index (Phi) is 4.46. The molecule has 0 aliphatic carbocycles. The zero-order valence-corrected chi connectivity index (χ0v) is 11.9. The molecule has 1 aromatic rings. The molecule has 18 heavy (non-hydrogen) atoms. The number of rotatable bonds is 4. The molecule has 0 aromatic carbocycles. The molecule has 0 radical (unpaired) electrons. The zero-order valence-electron chi connectivity index (χ0n) is 11.1. The van der Waals surface area contributed by atoms with Gasteiger partial charge in [-0.15, -0.1) is 0 Å². The first-order valence-electron chi connectivity index (χ1n) is 6.14. The maximum Gasteiger partial charge on any atom is 0.231 e. The lowest BCUT2D eigenvalue weighted by molar-refractivity contribution is 0.659. The maximum atomic E-state index is 4.42. The van der Waals surface area contributed by atoms with Gasteiger partial charge in [0.25, 0.3) is 0 Å². The highest BCUT2D eigenvalue weighted by Crippen LogP contribution is 2.20. The van der Waals surface area contributed by atoms with Gasteiger partial charge in [0.2, 0.25) is 17.8 Å². The second-order valence-electron chi connectivity index (χ2n) is 4.46. The van der Waals surface area contributed by atoms with Gasteiger partial charge in [-0.3, -0.25) is 0 Å². The van der Waals surface area contributed by atoms with E-state index in [-0.39, 0.29) is 0 Å². The molecule has 0 saturated carbocycles. The van der Waals surface area contributed by atoms with Crippen LogP contribution in [0.4, 0.5) is 17.8 Å². The molecule has 1 fully saturated rings. The summed E-state index contributed by atoms with van der Waals surface area (Å²) in [4.78, 5) is 14.9. The van der Waals surface area contributed by atoms with Crippen molar-refractivity contribution < 1.29 is 0 Å². The predicted molar refractivity (Wildman–Crippen MR) is 77.7 cm³/mol. The number of hydrogen-bond acceptors (Lipinski definition) is 7. The van der Waals surface area contributed by atoms with Crippen LogP contribution in [0.3, 0.4) is 0 Å². The maximum absolute atomic E-state index is 4.42. The Balaban J connectivity index is 2.12. The van der Waals surface area contributed by atoms with Crippen LogP contribution in [-0.2, 0) is 0 Å². The van der Waals surface area contributed by atoms with Crippen LogP contribution >= 0.6 is 11.8 Å². The summed E-state index contributed by atoms with van der Waals surface area (Å²) in [6.45, 7) is 0. The van der Waals surface area contributed by atoms with Gasteiger partial charge in [-0.2, -0.15) is 26.7 Å². The minimum Gasteiger partial charge on any atom is -0.357 e. The Bertz CT molecular complexity index is 391. The molecule has 0 bridgehead atoms. The Morgan fingerprint density at radius 1 is 1.11 bits per heavy atom. The molecule has 7 heteroatoms. The first-order valence-corrected chi connectivity index (χ1v) is 7.30. The van der Waals surface area contributed by atoms with E-state index < -0.39 is 0 Å². The Labute approximate surface area is 112 Å². The number of anilines is 3. The van der Waals surface area contributed by atoms with Gasteiger partial charge in [-0.1, -0.05) is 0 Å². The predicted octanol–water partition coefficient (Wildman–Crippen LogP) is 1.29. The van der Waals surface area contributed by atoms with Crippen molar-refractivity contribution in [1.82, 2.24) is 15.0 Å². The largest absolute Gasteiger partial charge is 0.357 e. The first-order chi connectivity index (χ1) is 8.69. The average molecular weight is 268 g/mol. The van der Waals surface area contributed by atoms with Gasteiger partial charge in [0.1, 0.15) is 0 Å². The second-order valence-corrected chi connectivity index (χ2v) is 5.68. The van der Waals surface area contributed by atoms with Crippen LogP contribution in [0.1, 0.15) is 12.8 Å². The van der Waals surface area contributed by atoms with Gasteiger partial charge >= 0.3 is 0 Å². The molecule has 0 unspecified atom stereocenters. The van der Waals surface area contributed by atoms with Gasteiger partial charge in [0.15, 0.2) is 0 Å². The highest BCUT2D eigenvalue weighted by molar-refractivity contribution is 7.99. The van der Waals surface area contributed by atoms with Crippen molar-refractivity contribution in [2.75, 3.05) is 48.2 Å². The SMILES string of the molecule is CNc1nc(NC2CCSCC2)nc(N(C)C)n1. The normalized spacial score (nSPS) is 16.4. The van der Waals surface area contributed by atoms with Crippen LogP contribution in [0.25, 0.3) is 0 Å². The van der Waals surface area contributed by atoms with Gasteiger partial charge in [0.05, 0.1) is 0 Å². The fourth-order valence-corrected chi connectivity index (χ4v) is 2.87. The Morgan fingerprint density at radius 3 is 2.39 bits per heavy atom. The minimum atomic E-state index is 0.480. The molecule has 1 aliphatic heterocycles. The Hall–Kier alpha value is -1.24. The van der Waals surface area contributed by atoms with E-state index >= 15 is 0 Å². The summed E-state index contributed by atoms with van der Waals surface area (Å²) >= 11 is 2.01. The third-order valence-electron chi connectivity index (χ3n) is 2.80. The summed E-state index contributed by atoms with van der Waals surface area (Å²) in [6.07, 6.45) is 2.34. The molecule has 1 saturated heterocycles. The Morgan fingerprint density at radius 2 is 1.78 bits per heavy atom. The summed E-state index contributed by atoms with van der Waals surface area (Å²) in [7, 11) is 5.67. The van der Waals surface area contributed by atoms with Crippen LogP contribution < -0.4 is 15.5 Å². The molecule has 0 atom stereocenters. The van der Waals surface area contributed by atoms with E-state index in [0.29, 0.717) is 23.9 Å². The van der Waals surface area contributed by atoms with E-state index in [0.717, 1.165) is 0 Å². The number of nitrogens with zero attached hydrogens (tertiary/aromatic N) is 4. The standard InChI is InChI=1S/C11H20N6S/c1-12-9-14-10(16-11(15-9)17(2)3)13-8-4-6-18-7-5-8/h8H,4-7H2,1-3H3,(H2,12,13,14,15,16). The average Bonchev–Trinajstić information content (AvgIpc) is 2.39. The molecule has 2 rings (SSSR count). The van der Waals surface area contributed by atoms with Crippen LogP contribution in [0.2, 0.25) is 0 Å². The van der Waals surface area contributed by atoms with E-state index in [9.17, 15) is 0 Å². The van der Waals surface area contributed by atoms with Crippen LogP contribution in [0, 0.1) is 0 Å². The number of nitrogens with one attached hydrogen (secondary N) is 2. The van der Waals surface area contributed by atoms with Gasteiger partial charge < -0.3 is 15.5 Å². The van der Waals surface area contributed by atoms with Crippen molar-refractivity contribution in [3.05, 3.63) is 0 Å². The van der Waals surface area contributed by atoms with E-state index in [2.05, 4.69) is 25.6 Å². The van der Waals surface area contributed by atoms with Crippen molar-refractivity contribution >= 4 is 29.6 Å². The van der Waals surface area contributed by atoms with Crippen molar-refractivity contribution in [1.29, 1.82) is 0 Å². The third-order valence-corrected chi connectivity index (χ3v) is 3.85. The number of thioether (sulfide) groups is 1. The summed E-state index contributed by atoms with van der Waals surface area (Å²) in [5.41, 5.74) is 0. The van der Waals surface area contributed by atoms with Crippen molar-refractivity contribution in [2.45, 2.75) is 18.9 Å². The van der Waals surface area contributed by atoms with Gasteiger partial charge in [-0.25, -0.2) is 0 Å². The third kappa shape index (κ3) is 3.38. The number of aromatic nitrogens is 3. The van der Waals surface area contributed by atoms with Crippen molar-refractivity contribution in [2.24, 2.45) is 0 Å². The highest BCUT2D eigenvalue weighted by atomic mass is 32.2. The molecule has 0 amide bonds. The molecule has 2 heterocycles. The van der Waals surface area contributed by atoms with Crippen LogP contribution in [-0.4, -0.2) is 53.6 Å². The molecule has 6 nitrogen and oxygen atoms in total. The fourth-order valence-electron chi connectivity index (χ4n) is 1.77. The summed E-state index contributed by atoms with van der Waals surface area (Å²) in [6, 6.07) is 0.480. The molecule has 2 N–H and O–H groups in total. The van der Waals surface area contributed by atoms with Crippen molar-refractivity contribution in [3.8, 4) is 0 Å². The molecule has 100 valence electrons. The molecular weight excluding hydrogens is 248 g/mol. The monoisotopic (exact) mass is 268 g/mol. The molecule has 0 spiro atoms. The summed E-state index contributed by atoms with van der Waals surface area (Å²) < 4.78 is 0. The highest BCUT2D eigenvalue weighted by Gasteiger charge is 2.15. The van der Waals surface area contributed by atoms with Gasteiger partial charge in [-0.05, 0) is 24.3 Å². The lowest BCUT2D eigenvalue weighted by Gasteiger charge is -2.23. The van der Waals surface area contributed by atoms with Crippen LogP contribution in [0.5, 0.6) is 0 Å². The van der Waals surface area contributed by atoms with Crippen molar-refractivity contribution in [3.63, 3.8) is 0 Å². The molecule has 1 aliphatic rings. The van der Waals surface area contributed by atoms with E-state index in [1.807, 2.05) is 37.8 Å². The van der Waals surface area contributed by atoms with E-state index in [4.69, 9.17) is 0 Å². The quantitative estimate of drug-likeness (QED) is 0.853. The van der Waals surface area contributed by atoms with E-state index in [1.165, 1.54) is 24.3 Å². The second kappa shape index (κ2) is 6.08. The van der Waals surface area contributed by atoms with E-state index in [1.54, 1.807) is 0 Å². The lowest BCUT2D eigenvalue weighted by Crippen LogP contribution is -2.26. The van der Waals surface area contributed by atoms with Gasteiger partial charge in [0, 0.05) is 27.2 Å². The lowest BCUT2D eigenvalue weighted by atomic mass is 10.2. The summed E-state index contributed by atoms with van der Waals surface area (Å²) in [5, 5.41) is 6.38. The fraction of sp³-hybridized carbons (Fsp3) is 0.727. The first kappa shape index (κ1) is 13.2. The summed E-state index contributed by atoms with van der Waals surface area (Å²) in [5.74, 6) is 4.35. The zero-order chi connectivity index (χ0) is 13.0. The number of hydrogen-bond donors (Lipinski definition) is 2. The van der Waals surface area contributed by atoms with Crippen LogP contribution in [0.15, 0.2) is 0 Å². The smallest absolute Gasteiger partial charge is 0.231 e. The minimum absolute atomic E-state index is 0.480.